The van der Waals surface area contributed by atoms with Gasteiger partial charge in [0.25, 0.3) is 5.91 Å². The van der Waals surface area contributed by atoms with Gasteiger partial charge in [-0.1, -0.05) is 12.1 Å². The monoisotopic (exact) mass is 459 g/mol. The van der Waals surface area contributed by atoms with Gasteiger partial charge in [0.2, 0.25) is 0 Å². The number of fused-ring (bicyclic) bond motifs is 1. The van der Waals surface area contributed by atoms with Crippen molar-refractivity contribution in [2.24, 2.45) is 7.05 Å². The first-order valence-corrected chi connectivity index (χ1v) is 11.5. The van der Waals surface area contributed by atoms with Crippen LogP contribution in [0.5, 0.6) is 5.75 Å². The van der Waals surface area contributed by atoms with Crippen molar-refractivity contribution in [3.63, 3.8) is 0 Å². The van der Waals surface area contributed by atoms with E-state index in [0.29, 0.717) is 25.3 Å². The van der Waals surface area contributed by atoms with E-state index in [4.69, 9.17) is 14.8 Å². The molecule has 2 amide bonds. The molecule has 174 valence electrons. The van der Waals surface area contributed by atoms with Crippen LogP contribution < -0.4 is 10.1 Å². The topological polar surface area (TPSA) is 102 Å². The number of ether oxygens (including phenoxy) is 1. The number of nitrogens with one attached hydrogen (secondary N) is 1. The van der Waals surface area contributed by atoms with Crippen molar-refractivity contribution < 1.29 is 19.4 Å². The number of para-hydroxylation sites is 1. The highest BCUT2D eigenvalue weighted by Crippen LogP contribution is 2.36. The van der Waals surface area contributed by atoms with Crippen molar-refractivity contribution in [3.05, 3.63) is 48.0 Å². The first-order valence-electron chi connectivity index (χ1n) is 11.5. The molecule has 0 aliphatic carbocycles. The molecule has 2 aromatic heterocycles. The number of likely N-dealkylation sites (tertiary alicyclic amines) is 1. The fourth-order valence-corrected chi connectivity index (χ4v) is 5.27. The summed E-state index contributed by atoms with van der Waals surface area (Å²) in [6.07, 6.45) is 0.444. The summed E-state index contributed by atoms with van der Waals surface area (Å²) in [5.41, 5.74) is 4.37. The number of piperidine rings is 1. The van der Waals surface area contributed by atoms with Crippen LogP contribution in [0.1, 0.15) is 23.2 Å². The van der Waals surface area contributed by atoms with E-state index in [-0.39, 0.29) is 11.9 Å². The number of nitrogens with zero attached hydrogens (tertiary/aromatic N) is 4. The maximum absolute atomic E-state index is 13.2. The van der Waals surface area contributed by atoms with E-state index in [2.05, 4.69) is 26.6 Å². The van der Waals surface area contributed by atoms with Gasteiger partial charge in [-0.3, -0.25) is 4.79 Å². The van der Waals surface area contributed by atoms with Gasteiger partial charge in [0.1, 0.15) is 12.4 Å². The van der Waals surface area contributed by atoms with Crippen molar-refractivity contribution in [1.82, 2.24) is 24.3 Å². The van der Waals surface area contributed by atoms with E-state index in [9.17, 15) is 9.59 Å². The van der Waals surface area contributed by atoms with Gasteiger partial charge in [0.15, 0.2) is 5.82 Å². The third-order valence-corrected chi connectivity index (χ3v) is 6.85. The van der Waals surface area contributed by atoms with E-state index in [1.807, 2.05) is 37.4 Å². The zero-order chi connectivity index (χ0) is 23.4. The Kier molecular flexibility index (Phi) is 4.72. The van der Waals surface area contributed by atoms with Crippen LogP contribution in [0.2, 0.25) is 0 Å². The summed E-state index contributed by atoms with van der Waals surface area (Å²) in [5.74, 6) is 1.63. The average Bonchev–Trinajstić information content (AvgIpc) is 3.37. The number of hydrogen-bond donors (Lipinski definition) is 2. The highest BCUT2D eigenvalue weighted by atomic mass is 16.5. The summed E-state index contributed by atoms with van der Waals surface area (Å²) in [7, 11) is 1.99. The highest BCUT2D eigenvalue weighted by Gasteiger charge is 2.26. The number of rotatable bonds is 3. The Labute approximate surface area is 195 Å². The molecule has 9 nitrogen and oxygen atoms in total. The number of imidazole rings is 1. The lowest BCUT2D eigenvalue weighted by atomic mass is 10.0. The van der Waals surface area contributed by atoms with Crippen LogP contribution in [0.25, 0.3) is 33.5 Å². The molecule has 2 N–H and O–H groups in total. The molecule has 0 saturated carbocycles. The second-order valence-electron chi connectivity index (χ2n) is 8.96. The lowest BCUT2D eigenvalue weighted by molar-refractivity contribution is 0.0692. The molecule has 0 unspecified atom stereocenters. The average molecular weight is 460 g/mol. The van der Waals surface area contributed by atoms with Crippen molar-refractivity contribution in [2.75, 3.05) is 19.7 Å². The molecule has 34 heavy (non-hydrogen) atoms. The zero-order valence-corrected chi connectivity index (χ0v) is 18.8. The van der Waals surface area contributed by atoms with Crippen molar-refractivity contribution in [2.45, 2.75) is 25.4 Å². The number of carbonyl (C=O) groups excluding carboxylic acids is 1. The number of hydrogen-bond acceptors (Lipinski definition) is 4. The van der Waals surface area contributed by atoms with Crippen molar-refractivity contribution in [1.29, 1.82) is 0 Å². The fourth-order valence-electron chi connectivity index (χ4n) is 5.27. The third kappa shape index (κ3) is 3.27. The van der Waals surface area contributed by atoms with E-state index in [0.717, 1.165) is 58.6 Å². The van der Waals surface area contributed by atoms with Gasteiger partial charge < -0.3 is 29.2 Å². The van der Waals surface area contributed by atoms with E-state index >= 15 is 0 Å². The second kappa shape index (κ2) is 7.79. The van der Waals surface area contributed by atoms with Gasteiger partial charge in [-0.15, -0.1) is 0 Å². The minimum absolute atomic E-state index is 0.101. The minimum Gasteiger partial charge on any atom is -0.490 e. The van der Waals surface area contributed by atoms with E-state index in [1.165, 1.54) is 0 Å². The summed E-state index contributed by atoms with van der Waals surface area (Å²) in [4.78, 5) is 30.8. The standard InChI is InChI=1S/C25H25N5O4/c1-28-19-8-7-16(24(31)29-9-3-5-17(14-29)26-25(32)33)12-18(19)27-23(28)20-13-15-4-2-6-21-22(15)30(20)10-11-34-21/h2,4,6-8,12-13,17,26H,3,5,9-11,14H2,1H3,(H,32,33)/t17-/m1/s1. The van der Waals surface area contributed by atoms with Crippen molar-refractivity contribution in [3.8, 4) is 17.3 Å². The van der Waals surface area contributed by atoms with E-state index < -0.39 is 6.09 Å². The molecule has 2 aliphatic rings. The first-order chi connectivity index (χ1) is 16.5. The Morgan fingerprint density at radius 1 is 1.18 bits per heavy atom. The molecule has 0 bridgehead atoms. The maximum Gasteiger partial charge on any atom is 0.404 e. The van der Waals surface area contributed by atoms with Crippen LogP contribution in [0, 0.1) is 0 Å². The Morgan fingerprint density at radius 2 is 2.06 bits per heavy atom. The Morgan fingerprint density at radius 3 is 2.91 bits per heavy atom. The maximum atomic E-state index is 13.2. The molecular weight excluding hydrogens is 434 g/mol. The Balaban J connectivity index is 1.35. The molecular formula is C25H25N5O4. The molecule has 1 saturated heterocycles. The molecule has 0 radical (unpaired) electrons. The van der Waals surface area contributed by atoms with Crippen molar-refractivity contribution >= 4 is 33.9 Å². The summed E-state index contributed by atoms with van der Waals surface area (Å²) in [6.45, 7) is 2.36. The van der Waals surface area contributed by atoms with Crippen LogP contribution in [-0.4, -0.2) is 61.9 Å². The number of amides is 2. The Bertz CT molecular complexity index is 1450. The van der Waals surface area contributed by atoms with Crippen LogP contribution >= 0.6 is 0 Å². The molecule has 9 heteroatoms. The van der Waals surface area contributed by atoms with Crippen LogP contribution in [0.4, 0.5) is 4.79 Å². The van der Waals surface area contributed by atoms with Gasteiger partial charge in [0.05, 0.1) is 28.8 Å². The number of aromatic nitrogens is 3. The van der Waals surface area contributed by atoms with E-state index in [1.54, 1.807) is 4.90 Å². The fraction of sp³-hybridized carbons (Fsp3) is 0.320. The van der Waals surface area contributed by atoms with Crippen LogP contribution in [-0.2, 0) is 13.6 Å². The van der Waals surface area contributed by atoms with Gasteiger partial charge in [0, 0.05) is 37.1 Å². The molecule has 6 rings (SSSR count). The number of benzene rings is 2. The minimum atomic E-state index is -1.06. The predicted molar refractivity (Wildman–Crippen MR) is 127 cm³/mol. The Hall–Kier alpha value is -4.01. The summed E-state index contributed by atoms with van der Waals surface area (Å²) < 4.78 is 10.1. The molecule has 0 spiro atoms. The van der Waals surface area contributed by atoms with Crippen LogP contribution in [0.15, 0.2) is 42.5 Å². The largest absolute Gasteiger partial charge is 0.490 e. The highest BCUT2D eigenvalue weighted by molar-refractivity contribution is 5.98. The summed E-state index contributed by atoms with van der Waals surface area (Å²) in [5, 5.41) is 12.6. The molecule has 2 aromatic carbocycles. The quantitative estimate of drug-likeness (QED) is 0.489. The third-order valence-electron chi connectivity index (χ3n) is 6.85. The molecule has 2 aliphatic heterocycles. The number of carbonyl (C=O) groups is 2. The van der Waals surface area contributed by atoms with Gasteiger partial charge >= 0.3 is 6.09 Å². The molecule has 4 aromatic rings. The van der Waals surface area contributed by atoms with Gasteiger partial charge in [-0.25, -0.2) is 9.78 Å². The number of carboxylic acid groups (broad SMARTS) is 1. The molecule has 1 atom stereocenters. The van der Waals surface area contributed by atoms with Gasteiger partial charge in [-0.2, -0.15) is 0 Å². The van der Waals surface area contributed by atoms with Crippen LogP contribution in [0.3, 0.4) is 0 Å². The first kappa shape index (κ1) is 20.6. The SMILES string of the molecule is Cn1c(-c2cc3cccc4c3n2CCO4)nc2cc(C(=O)N3CCC[C@@H](NC(=O)O)C3)ccc21. The smallest absolute Gasteiger partial charge is 0.404 e. The zero-order valence-electron chi connectivity index (χ0n) is 18.8. The summed E-state index contributed by atoms with van der Waals surface area (Å²) in [6, 6.07) is 13.6. The lowest BCUT2D eigenvalue weighted by Gasteiger charge is -2.32. The molecule has 4 heterocycles. The predicted octanol–water partition coefficient (Wildman–Crippen LogP) is 3.46. The lowest BCUT2D eigenvalue weighted by Crippen LogP contribution is -2.49. The summed E-state index contributed by atoms with van der Waals surface area (Å²) >= 11 is 0. The normalized spacial score (nSPS) is 17.7. The molecule has 1 fully saturated rings. The second-order valence-corrected chi connectivity index (χ2v) is 8.96. The number of aryl methyl sites for hydroxylation is 1. The van der Waals surface area contributed by atoms with Gasteiger partial charge in [-0.05, 0) is 43.2 Å².